The van der Waals surface area contributed by atoms with Crippen molar-refractivity contribution >= 4 is 61.4 Å². The largest absolute Gasteiger partial charge is 0.375 e. The van der Waals surface area contributed by atoms with Crippen molar-refractivity contribution in [1.82, 2.24) is 9.05 Å². The molecule has 0 spiro atoms. The highest BCUT2D eigenvalue weighted by Gasteiger charge is 2.43. The summed E-state index contributed by atoms with van der Waals surface area (Å²) in [6.07, 6.45) is 0. The van der Waals surface area contributed by atoms with Crippen LogP contribution in [-0.2, 0) is 27.1 Å². The topological polar surface area (TPSA) is 9.86 Å². The Kier molecular flexibility index (Phi) is 9.84. The molecule has 0 amide bonds. The first-order valence-electron chi connectivity index (χ1n) is 26.5. The van der Waals surface area contributed by atoms with Crippen LogP contribution in [0.5, 0.6) is 0 Å². The summed E-state index contributed by atoms with van der Waals surface area (Å²) in [6, 6.07) is 55.8. The third-order valence-corrected chi connectivity index (χ3v) is 16.5. The molecule has 2 aliphatic rings. The molecule has 0 aliphatic carbocycles. The normalized spacial score (nSPS) is 13.8. The molecule has 10 aromatic rings. The van der Waals surface area contributed by atoms with Crippen LogP contribution in [0, 0.1) is 6.92 Å². The standard InChI is InChI=1S/C69H71BN2/c1-40-17-19-42(20-18-40)45-33-55-52-31-43(41-21-24-47(25-22-41)65(2,3)4)23-27-59(52)71-61-35-46(44-29-49(67(8,9)10)36-50(30-44)68(11,12)13)32-54-57-39-51(69(14,15)16)38-56-53-37-48(66(5,6)7)26-28-60(53)72(63(56)57)70(62(54)61)58(34-45)64(55)71/h17-39H,1-16H3. The number of aryl methyl sites for hydroxylation is 1. The lowest BCUT2D eigenvalue weighted by Crippen LogP contribution is -2.55. The molecule has 0 unspecified atom stereocenters. The van der Waals surface area contributed by atoms with Gasteiger partial charge in [-0.1, -0.05) is 194 Å². The van der Waals surface area contributed by atoms with Crippen LogP contribution in [0.15, 0.2) is 140 Å². The van der Waals surface area contributed by atoms with Gasteiger partial charge in [0.2, 0.25) is 0 Å². The molecule has 0 N–H and O–H groups in total. The van der Waals surface area contributed by atoms with Crippen molar-refractivity contribution in [2.45, 2.75) is 138 Å². The highest BCUT2D eigenvalue weighted by Crippen LogP contribution is 2.48. The summed E-state index contributed by atoms with van der Waals surface area (Å²) in [6.45, 7) is 37.3. The molecule has 4 heterocycles. The minimum absolute atomic E-state index is 0.000410. The average Bonchev–Trinajstić information content (AvgIpc) is 3.82. The number of hydrogen-bond acceptors (Lipinski definition) is 0. The van der Waals surface area contributed by atoms with Crippen LogP contribution in [0.2, 0.25) is 0 Å². The van der Waals surface area contributed by atoms with Crippen LogP contribution in [0.3, 0.4) is 0 Å². The lowest BCUT2D eigenvalue weighted by molar-refractivity contribution is 0.569. The van der Waals surface area contributed by atoms with E-state index >= 15 is 0 Å². The fraction of sp³-hybridized carbons (Fsp3) is 0.304. The maximum absolute atomic E-state index is 2.76. The van der Waals surface area contributed by atoms with Gasteiger partial charge in [0.05, 0.1) is 11.0 Å². The molecule has 0 saturated heterocycles. The Balaban J connectivity index is 1.26. The van der Waals surface area contributed by atoms with E-state index in [0.717, 1.165) is 0 Å². The number of rotatable bonds is 3. The van der Waals surface area contributed by atoms with Crippen LogP contribution >= 0.6 is 0 Å². The van der Waals surface area contributed by atoms with Gasteiger partial charge in [0.25, 0.3) is 0 Å². The third-order valence-electron chi connectivity index (χ3n) is 16.5. The first-order valence-corrected chi connectivity index (χ1v) is 26.5. The van der Waals surface area contributed by atoms with Gasteiger partial charge in [-0.2, -0.15) is 0 Å². The number of fused-ring (bicyclic) bond motifs is 10. The fourth-order valence-corrected chi connectivity index (χ4v) is 12.0. The number of benzene rings is 8. The zero-order chi connectivity index (χ0) is 50.9. The van der Waals surface area contributed by atoms with E-state index in [9.17, 15) is 0 Å². The van der Waals surface area contributed by atoms with Crippen molar-refractivity contribution in [3.05, 3.63) is 173 Å². The minimum Gasteiger partial charge on any atom is -0.375 e. The van der Waals surface area contributed by atoms with Crippen LogP contribution in [0.1, 0.15) is 137 Å². The minimum atomic E-state index is -0.0716. The van der Waals surface area contributed by atoms with E-state index in [-0.39, 0.29) is 33.9 Å². The molecule has 0 radical (unpaired) electrons. The Labute approximate surface area is 429 Å². The summed E-state index contributed by atoms with van der Waals surface area (Å²) in [5.41, 5.74) is 27.4. The van der Waals surface area contributed by atoms with Crippen molar-refractivity contribution in [3.63, 3.8) is 0 Å². The molecule has 2 aromatic heterocycles. The smallest absolute Gasteiger partial charge is 0.333 e. The second kappa shape index (κ2) is 15.2. The van der Waals surface area contributed by atoms with E-state index in [0.29, 0.717) is 0 Å². The molecule has 3 heteroatoms. The highest BCUT2D eigenvalue weighted by atomic mass is 15.0. The van der Waals surface area contributed by atoms with Crippen molar-refractivity contribution in [2.24, 2.45) is 0 Å². The zero-order valence-corrected chi connectivity index (χ0v) is 45.8. The molecule has 72 heavy (non-hydrogen) atoms. The Morgan fingerprint density at radius 3 is 1.43 bits per heavy atom. The van der Waals surface area contributed by atoms with Gasteiger partial charge in [-0.25, -0.2) is 0 Å². The first-order chi connectivity index (χ1) is 33.7. The molecule has 0 fully saturated rings. The Morgan fingerprint density at radius 2 is 0.806 bits per heavy atom. The fourth-order valence-electron chi connectivity index (χ4n) is 12.0. The van der Waals surface area contributed by atoms with Crippen molar-refractivity contribution in [1.29, 1.82) is 0 Å². The van der Waals surface area contributed by atoms with E-state index in [2.05, 4.69) is 259 Å². The maximum atomic E-state index is 2.76. The monoisotopic (exact) mass is 939 g/mol. The molecule has 2 nitrogen and oxygen atoms in total. The predicted molar refractivity (Wildman–Crippen MR) is 314 cm³/mol. The maximum Gasteiger partial charge on any atom is 0.333 e. The Morgan fingerprint density at radius 1 is 0.333 bits per heavy atom. The van der Waals surface area contributed by atoms with Gasteiger partial charge in [0.1, 0.15) is 0 Å². The first kappa shape index (κ1) is 46.5. The van der Waals surface area contributed by atoms with Gasteiger partial charge in [0.15, 0.2) is 0 Å². The van der Waals surface area contributed by atoms with Gasteiger partial charge in [-0.3, -0.25) is 0 Å². The van der Waals surface area contributed by atoms with Crippen molar-refractivity contribution in [2.75, 3.05) is 0 Å². The van der Waals surface area contributed by atoms with E-state index < -0.39 is 0 Å². The van der Waals surface area contributed by atoms with E-state index in [1.54, 1.807) is 0 Å². The lowest BCUT2D eigenvalue weighted by Gasteiger charge is -2.35. The highest BCUT2D eigenvalue weighted by molar-refractivity contribution is 6.90. The van der Waals surface area contributed by atoms with Gasteiger partial charge >= 0.3 is 6.85 Å². The van der Waals surface area contributed by atoms with E-state index in [1.807, 2.05) is 0 Å². The quantitative estimate of drug-likeness (QED) is 0.156. The molecular weight excluding hydrogens is 868 g/mol. The molecule has 8 aromatic carbocycles. The number of nitrogens with zero attached hydrogens (tertiary/aromatic N) is 2. The summed E-state index contributed by atoms with van der Waals surface area (Å²) >= 11 is 0. The van der Waals surface area contributed by atoms with Crippen molar-refractivity contribution in [3.8, 4) is 50.2 Å². The van der Waals surface area contributed by atoms with Gasteiger partial charge in [-0.05, 0) is 166 Å². The molecule has 0 saturated carbocycles. The van der Waals surface area contributed by atoms with Crippen molar-refractivity contribution < 1.29 is 0 Å². The van der Waals surface area contributed by atoms with E-state index in [1.165, 1.54) is 138 Å². The van der Waals surface area contributed by atoms with Gasteiger partial charge in [0, 0.05) is 43.8 Å². The third kappa shape index (κ3) is 7.19. The number of aromatic nitrogens is 2. The predicted octanol–water partition coefficient (Wildman–Crippen LogP) is 17.6. The second-order valence-corrected chi connectivity index (χ2v) is 26.9. The Bertz CT molecular complexity index is 3880. The van der Waals surface area contributed by atoms with Gasteiger partial charge < -0.3 is 9.05 Å². The SMILES string of the molecule is Cc1ccc(-c2cc3c4c(c2)c2cc(-c5ccc(C(C)(C)C)cc5)ccc2n4-c2cc(-c4cc(C(C)(C)C)cc(C(C)(C)C)c4)cc4c2B3n2c3ccc(C(C)(C)C)cc3c3cc(C(C)(C)C)cc-4c32)cc1. The molecule has 2 aliphatic heterocycles. The average molecular weight is 939 g/mol. The number of hydrogen-bond donors (Lipinski definition) is 0. The zero-order valence-electron chi connectivity index (χ0n) is 45.8. The molecule has 12 rings (SSSR count). The van der Waals surface area contributed by atoms with Crippen LogP contribution in [-0.4, -0.2) is 15.9 Å². The summed E-state index contributed by atoms with van der Waals surface area (Å²) < 4.78 is 5.43. The Hall–Kier alpha value is -6.58. The molecule has 0 bridgehead atoms. The van der Waals surface area contributed by atoms with E-state index in [4.69, 9.17) is 0 Å². The lowest BCUT2D eigenvalue weighted by atomic mass is 9.45. The molecule has 0 atom stereocenters. The summed E-state index contributed by atoms with van der Waals surface area (Å²) in [7, 11) is 0. The van der Waals surface area contributed by atoms with Crippen LogP contribution in [0.25, 0.3) is 93.8 Å². The second-order valence-electron chi connectivity index (χ2n) is 26.9. The van der Waals surface area contributed by atoms with Crippen LogP contribution in [0.4, 0.5) is 0 Å². The summed E-state index contributed by atoms with van der Waals surface area (Å²) in [5.74, 6) is 0. The summed E-state index contributed by atoms with van der Waals surface area (Å²) in [4.78, 5) is 0. The summed E-state index contributed by atoms with van der Waals surface area (Å²) in [5, 5.41) is 5.27. The van der Waals surface area contributed by atoms with Crippen LogP contribution < -0.4 is 10.9 Å². The molecule has 360 valence electrons. The van der Waals surface area contributed by atoms with Gasteiger partial charge in [-0.15, -0.1) is 0 Å². The molecular formula is C69H71BN2.